The normalized spacial score (nSPS) is 11.5. The second-order valence-electron chi connectivity index (χ2n) is 8.50. The van der Waals surface area contributed by atoms with Crippen LogP contribution in [-0.2, 0) is 12.8 Å². The Morgan fingerprint density at radius 2 is 1.26 bits per heavy atom. The monoisotopic (exact) mass is 467 g/mol. The maximum Gasteiger partial charge on any atom is 0.0933 e. The molecule has 0 aliphatic rings. The van der Waals surface area contributed by atoms with Gasteiger partial charge in [0.25, 0.3) is 0 Å². The lowest BCUT2D eigenvalue weighted by Gasteiger charge is -2.05. The predicted octanol–water partition coefficient (Wildman–Crippen LogP) is 10.00. The number of aromatic nitrogens is 1. The van der Waals surface area contributed by atoms with Gasteiger partial charge in [-0.1, -0.05) is 64.5 Å². The van der Waals surface area contributed by atoms with Crippen LogP contribution in [0.15, 0.2) is 40.4 Å². The smallest absolute Gasteiger partial charge is 0.0933 e. The number of thiophene rings is 2. The van der Waals surface area contributed by atoms with Crippen molar-refractivity contribution in [2.75, 3.05) is 0 Å². The van der Waals surface area contributed by atoms with Crippen molar-refractivity contribution in [1.29, 1.82) is 0 Å². The van der Waals surface area contributed by atoms with E-state index in [0.717, 1.165) is 0 Å². The largest absolute Gasteiger partial charge is 0.192 e. The summed E-state index contributed by atoms with van der Waals surface area (Å²) < 4.78 is 4.81. The molecule has 3 heterocycles. The number of hydrogen-bond acceptors (Lipinski definition) is 4. The zero-order chi connectivity index (χ0) is 21.5. The first-order valence-electron chi connectivity index (χ1n) is 11.8. The molecule has 1 aromatic carbocycles. The standard InChI is InChI=1S/C27H33NS3/c1-3-5-7-9-11-20-15-25(29-17-20)22-13-14-23(27-24(22)19-31-28-27)26-16-21(18-30-26)12-10-8-6-4-2/h13-19H,3-12H2,1-2H3. The Morgan fingerprint density at radius 3 is 1.87 bits per heavy atom. The lowest BCUT2D eigenvalue weighted by molar-refractivity contribution is 0.667. The van der Waals surface area contributed by atoms with E-state index in [9.17, 15) is 0 Å². The minimum absolute atomic E-state index is 1.17. The van der Waals surface area contributed by atoms with Gasteiger partial charge in [-0.2, -0.15) is 4.37 Å². The molecule has 3 aromatic heterocycles. The van der Waals surface area contributed by atoms with E-state index in [-0.39, 0.29) is 0 Å². The third-order valence-electron chi connectivity index (χ3n) is 6.01. The molecule has 4 rings (SSSR count). The van der Waals surface area contributed by atoms with E-state index in [1.807, 2.05) is 22.7 Å². The van der Waals surface area contributed by atoms with Gasteiger partial charge in [0.05, 0.1) is 5.52 Å². The zero-order valence-corrected chi connectivity index (χ0v) is 21.2. The quantitative estimate of drug-likeness (QED) is 0.189. The van der Waals surface area contributed by atoms with Crippen molar-refractivity contribution in [3.8, 4) is 20.9 Å². The summed E-state index contributed by atoms with van der Waals surface area (Å²) in [6.45, 7) is 4.55. The van der Waals surface area contributed by atoms with Gasteiger partial charge in [0, 0.05) is 31.6 Å². The van der Waals surface area contributed by atoms with Crippen LogP contribution in [0.1, 0.15) is 76.3 Å². The molecule has 0 saturated carbocycles. The van der Waals surface area contributed by atoms with Gasteiger partial charge in [-0.05, 0) is 71.2 Å². The number of rotatable bonds is 12. The lowest BCUT2D eigenvalue weighted by Crippen LogP contribution is -1.84. The Kier molecular flexibility index (Phi) is 8.34. The molecular weight excluding hydrogens is 435 g/mol. The van der Waals surface area contributed by atoms with Gasteiger partial charge in [0.1, 0.15) is 0 Å². The minimum atomic E-state index is 1.17. The fourth-order valence-corrected chi connectivity index (χ4v) is 6.84. The van der Waals surface area contributed by atoms with Crippen molar-refractivity contribution in [3.63, 3.8) is 0 Å². The van der Waals surface area contributed by atoms with Gasteiger partial charge in [-0.15, -0.1) is 22.7 Å². The van der Waals surface area contributed by atoms with Crippen molar-refractivity contribution in [2.24, 2.45) is 0 Å². The van der Waals surface area contributed by atoms with E-state index in [4.69, 9.17) is 4.37 Å². The average molecular weight is 468 g/mol. The van der Waals surface area contributed by atoms with Crippen molar-refractivity contribution in [1.82, 2.24) is 4.37 Å². The molecule has 4 aromatic rings. The summed E-state index contributed by atoms with van der Waals surface area (Å²) in [5.74, 6) is 0. The van der Waals surface area contributed by atoms with Gasteiger partial charge in [-0.25, -0.2) is 0 Å². The Hall–Kier alpha value is -1.49. The molecule has 0 aliphatic heterocycles. The fourth-order valence-electron chi connectivity index (χ4n) is 4.18. The van der Waals surface area contributed by atoms with E-state index in [1.54, 1.807) is 11.5 Å². The molecule has 0 atom stereocenters. The SMILES string of the molecule is CCCCCCc1csc(-c2ccc(-c3cc(CCCCCC)cs3)c3nscc23)c1. The van der Waals surface area contributed by atoms with Crippen LogP contribution >= 0.6 is 34.2 Å². The summed E-state index contributed by atoms with van der Waals surface area (Å²) in [6.07, 6.45) is 13.0. The Bertz CT molecular complexity index is 1000. The van der Waals surface area contributed by atoms with Crippen LogP contribution in [0.5, 0.6) is 0 Å². The highest BCUT2D eigenvalue weighted by atomic mass is 32.1. The van der Waals surface area contributed by atoms with Crippen LogP contribution in [-0.4, -0.2) is 4.37 Å². The van der Waals surface area contributed by atoms with Gasteiger partial charge >= 0.3 is 0 Å². The van der Waals surface area contributed by atoms with Crippen LogP contribution in [0.25, 0.3) is 31.8 Å². The molecule has 164 valence electrons. The molecule has 0 spiro atoms. The molecule has 1 nitrogen and oxygen atoms in total. The number of fused-ring (bicyclic) bond motifs is 1. The van der Waals surface area contributed by atoms with E-state index >= 15 is 0 Å². The number of aryl methyl sites for hydroxylation is 2. The minimum Gasteiger partial charge on any atom is -0.192 e. The number of unbranched alkanes of at least 4 members (excludes halogenated alkanes) is 6. The van der Waals surface area contributed by atoms with Crippen molar-refractivity contribution in [2.45, 2.75) is 78.1 Å². The molecule has 4 heteroatoms. The number of nitrogens with zero attached hydrogens (tertiary/aromatic N) is 1. The van der Waals surface area contributed by atoms with Crippen LogP contribution in [0.4, 0.5) is 0 Å². The maximum atomic E-state index is 4.81. The highest BCUT2D eigenvalue weighted by Gasteiger charge is 2.14. The van der Waals surface area contributed by atoms with E-state index < -0.39 is 0 Å². The van der Waals surface area contributed by atoms with Crippen LogP contribution in [0.2, 0.25) is 0 Å². The second kappa shape index (κ2) is 11.4. The first-order chi connectivity index (χ1) is 15.3. The summed E-state index contributed by atoms with van der Waals surface area (Å²) in [4.78, 5) is 2.74. The highest BCUT2D eigenvalue weighted by molar-refractivity contribution is 7.14. The Morgan fingerprint density at radius 1 is 0.677 bits per heavy atom. The molecule has 0 amide bonds. The third-order valence-corrected chi connectivity index (χ3v) is 8.66. The van der Waals surface area contributed by atoms with E-state index in [0.29, 0.717) is 0 Å². The Balaban J connectivity index is 1.52. The van der Waals surface area contributed by atoms with Crippen LogP contribution < -0.4 is 0 Å². The molecule has 0 N–H and O–H groups in total. The molecule has 0 bridgehead atoms. The Labute approximate surface area is 199 Å². The average Bonchev–Trinajstić information content (AvgIpc) is 3.54. The summed E-state index contributed by atoms with van der Waals surface area (Å²) in [5, 5.41) is 8.23. The van der Waals surface area contributed by atoms with E-state index in [2.05, 4.69) is 54.3 Å². The molecule has 31 heavy (non-hydrogen) atoms. The van der Waals surface area contributed by atoms with Crippen molar-refractivity contribution >= 4 is 45.1 Å². The fraction of sp³-hybridized carbons (Fsp3) is 0.444. The van der Waals surface area contributed by atoms with Gasteiger partial charge in [0.2, 0.25) is 0 Å². The van der Waals surface area contributed by atoms with Crippen LogP contribution in [0.3, 0.4) is 0 Å². The molecule has 0 unspecified atom stereocenters. The summed E-state index contributed by atoms with van der Waals surface area (Å²) in [6, 6.07) is 9.41. The maximum absolute atomic E-state index is 4.81. The first-order valence-corrected chi connectivity index (χ1v) is 14.4. The van der Waals surface area contributed by atoms with Crippen molar-refractivity contribution in [3.05, 3.63) is 51.5 Å². The molecule has 0 radical (unpaired) electrons. The number of hydrogen-bond donors (Lipinski definition) is 0. The summed E-state index contributed by atoms with van der Waals surface area (Å²) >= 11 is 5.34. The molecular formula is C27H33NS3. The highest BCUT2D eigenvalue weighted by Crippen LogP contribution is 2.40. The number of benzene rings is 1. The first kappa shape index (κ1) is 22.7. The molecule has 0 saturated heterocycles. The van der Waals surface area contributed by atoms with Crippen molar-refractivity contribution < 1.29 is 0 Å². The van der Waals surface area contributed by atoms with E-state index in [1.165, 1.54) is 107 Å². The van der Waals surface area contributed by atoms with Gasteiger partial charge < -0.3 is 0 Å². The lowest BCUT2D eigenvalue weighted by atomic mass is 10.0. The predicted molar refractivity (Wildman–Crippen MR) is 142 cm³/mol. The topological polar surface area (TPSA) is 12.9 Å². The van der Waals surface area contributed by atoms with Crippen LogP contribution in [0, 0.1) is 0 Å². The zero-order valence-electron chi connectivity index (χ0n) is 18.8. The van der Waals surface area contributed by atoms with Gasteiger partial charge in [0.15, 0.2) is 0 Å². The third kappa shape index (κ3) is 5.66. The summed E-state index contributed by atoms with van der Waals surface area (Å²) in [5.41, 5.74) is 6.77. The molecule has 0 fully saturated rings. The van der Waals surface area contributed by atoms with Gasteiger partial charge in [-0.3, -0.25) is 0 Å². The second-order valence-corrected chi connectivity index (χ2v) is 10.9. The molecule has 0 aliphatic carbocycles. The summed E-state index contributed by atoms with van der Waals surface area (Å²) in [7, 11) is 0.